The molecule has 0 unspecified atom stereocenters. The molecule has 0 aromatic carbocycles. The second-order valence-electron chi connectivity index (χ2n) is 6.19. The summed E-state index contributed by atoms with van der Waals surface area (Å²) in [4.78, 5) is 42.7. The molecule has 0 radical (unpaired) electrons. The smallest absolute Gasteiger partial charge is 0.394 e. The monoisotopic (exact) mass is 391 g/mol. The molecule has 2 aromatic rings. The Labute approximate surface area is 146 Å². The second kappa shape index (κ2) is 6.41. The van der Waals surface area contributed by atoms with Crippen molar-refractivity contribution in [2.45, 2.75) is 24.9 Å². The maximum atomic E-state index is 12.4. The van der Waals surface area contributed by atoms with E-state index in [0.717, 1.165) is 4.57 Å². The number of phosphoric acid groups is 1. The quantitative estimate of drug-likeness (QED) is 0.386. The Kier molecular flexibility index (Phi) is 4.67. The molecule has 3 N–H and O–H groups in total. The summed E-state index contributed by atoms with van der Waals surface area (Å²) >= 11 is 0. The van der Waals surface area contributed by atoms with Gasteiger partial charge in [0.1, 0.15) is 12.2 Å². The van der Waals surface area contributed by atoms with Crippen LogP contribution in [0.15, 0.2) is 15.9 Å². The third-order valence-corrected chi connectivity index (χ3v) is 4.99. The predicted molar refractivity (Wildman–Crippen MR) is 86.1 cm³/mol. The number of fused-ring (bicyclic) bond motifs is 1. The molecule has 12 nitrogen and oxygen atoms in total. The Morgan fingerprint density at radius 2 is 1.96 bits per heavy atom. The van der Waals surface area contributed by atoms with Gasteiger partial charge in [-0.1, -0.05) is 0 Å². The topological polar surface area (TPSA) is 149 Å². The number of rotatable bonds is 4. The highest BCUT2D eigenvalue weighted by Gasteiger charge is 2.43. The van der Waals surface area contributed by atoms with E-state index in [1.54, 1.807) is 13.4 Å². The summed E-state index contributed by atoms with van der Waals surface area (Å²) in [6.45, 7) is -0.507. The Hall–Kier alpha value is -1.82. The van der Waals surface area contributed by atoms with Crippen LogP contribution in [0.2, 0.25) is 0 Å². The molecular weight excluding hydrogens is 371 g/mol. The van der Waals surface area contributed by atoms with Crippen LogP contribution in [0.5, 0.6) is 0 Å². The van der Waals surface area contributed by atoms with Crippen LogP contribution in [0, 0.1) is 0 Å². The van der Waals surface area contributed by atoms with Crippen LogP contribution in [0.4, 0.5) is 0 Å². The molecule has 0 amide bonds. The van der Waals surface area contributed by atoms with Gasteiger partial charge in [-0.2, -0.15) is 0 Å². The van der Waals surface area contributed by atoms with Crippen LogP contribution in [0.3, 0.4) is 0 Å². The Bertz CT molecular complexity index is 1020. The van der Waals surface area contributed by atoms with E-state index in [-0.39, 0.29) is 11.9 Å². The maximum absolute atomic E-state index is 12.4. The summed E-state index contributed by atoms with van der Waals surface area (Å²) in [5.74, 6) is 0. The molecule has 1 aliphatic heterocycles. The fraction of sp³-hybridized carbons (Fsp3) is 0.615. The van der Waals surface area contributed by atoms with E-state index in [4.69, 9.17) is 19.0 Å². The number of imidazole rings is 1. The lowest BCUT2D eigenvalue weighted by atomic mass is 10.2. The van der Waals surface area contributed by atoms with E-state index in [9.17, 15) is 19.3 Å². The van der Waals surface area contributed by atoms with Gasteiger partial charge in [0.2, 0.25) is 5.52 Å². The van der Waals surface area contributed by atoms with Gasteiger partial charge in [0.25, 0.3) is 5.65 Å². The number of aliphatic hydroxyl groups excluding tert-OH is 1. The number of hydrogen-bond donors (Lipinski definition) is 3. The first-order valence-corrected chi connectivity index (χ1v) is 9.24. The Morgan fingerprint density at radius 1 is 1.31 bits per heavy atom. The van der Waals surface area contributed by atoms with Crippen molar-refractivity contribution in [3.8, 4) is 0 Å². The molecule has 3 atom stereocenters. The van der Waals surface area contributed by atoms with E-state index in [1.807, 2.05) is 0 Å². The highest BCUT2D eigenvalue weighted by atomic mass is 31.2. The first kappa shape index (κ1) is 19.0. The fourth-order valence-electron chi connectivity index (χ4n) is 3.25. The third-order valence-electron chi connectivity index (χ3n) is 4.45. The fourth-order valence-corrected chi connectivity index (χ4v) is 3.83. The van der Waals surface area contributed by atoms with Crippen LogP contribution < -0.4 is 15.8 Å². The lowest BCUT2D eigenvalue weighted by molar-refractivity contribution is -0.740. The van der Waals surface area contributed by atoms with Crippen LogP contribution in [0.25, 0.3) is 11.2 Å². The molecule has 0 spiro atoms. The maximum Gasteiger partial charge on any atom is 0.469 e. The van der Waals surface area contributed by atoms with Gasteiger partial charge in [-0.05, 0) is 0 Å². The van der Waals surface area contributed by atoms with Crippen LogP contribution >= 0.6 is 7.82 Å². The van der Waals surface area contributed by atoms with Gasteiger partial charge >= 0.3 is 19.1 Å². The minimum absolute atomic E-state index is 0.0174. The zero-order valence-electron chi connectivity index (χ0n) is 14.3. The van der Waals surface area contributed by atoms with E-state index in [2.05, 4.69) is 0 Å². The van der Waals surface area contributed by atoms with Crippen molar-refractivity contribution < 1.29 is 33.3 Å². The van der Waals surface area contributed by atoms with Crippen molar-refractivity contribution in [2.75, 3.05) is 6.61 Å². The Balaban J connectivity index is 2.11. The van der Waals surface area contributed by atoms with Gasteiger partial charge in [0, 0.05) is 13.5 Å². The van der Waals surface area contributed by atoms with E-state index >= 15 is 0 Å². The molecule has 3 rings (SSSR count). The van der Waals surface area contributed by atoms with Gasteiger partial charge < -0.3 is 19.6 Å². The molecule has 26 heavy (non-hydrogen) atoms. The van der Waals surface area contributed by atoms with E-state index < -0.39 is 44.1 Å². The zero-order chi connectivity index (χ0) is 19.4. The normalized spacial score (nSPS) is 23.8. The molecule has 2 aromatic heterocycles. The molecule has 1 aliphatic rings. The van der Waals surface area contributed by atoms with Gasteiger partial charge in [-0.15, -0.1) is 0 Å². The van der Waals surface area contributed by atoms with Crippen molar-refractivity contribution in [1.82, 2.24) is 13.7 Å². The number of ether oxygens (including phenoxy) is 1. The van der Waals surface area contributed by atoms with Crippen molar-refractivity contribution >= 4 is 19.0 Å². The molecule has 0 aliphatic carbocycles. The number of aromatic nitrogens is 4. The molecule has 0 saturated carbocycles. The second-order valence-corrected chi connectivity index (χ2v) is 7.39. The van der Waals surface area contributed by atoms with E-state index in [1.165, 1.54) is 27.8 Å². The van der Waals surface area contributed by atoms with Crippen molar-refractivity contribution in [3.63, 3.8) is 0 Å². The van der Waals surface area contributed by atoms with Gasteiger partial charge in [-0.3, -0.25) is 13.9 Å². The van der Waals surface area contributed by atoms with Crippen molar-refractivity contribution in [3.05, 3.63) is 27.2 Å². The standard InChI is InChI=1S/C13H19N4O8P/c1-14-6-17(11-10(14)12(19)16(3)13(20)15(11)2)9-4-7(8(5-18)24-9)25-26(21,22)23/h6-9,18H,4-5H2,1-3H3,(H-,21,22,23)/p+1/t7-,8+,9+/m0/s1. The number of hydrogen-bond acceptors (Lipinski definition) is 6. The van der Waals surface area contributed by atoms with Gasteiger partial charge in [0.05, 0.1) is 20.7 Å². The van der Waals surface area contributed by atoms with Gasteiger partial charge in [0.15, 0.2) is 12.6 Å². The molecule has 0 bridgehead atoms. The largest absolute Gasteiger partial charge is 0.469 e. The third kappa shape index (κ3) is 3.04. The average molecular weight is 391 g/mol. The van der Waals surface area contributed by atoms with Crippen LogP contribution in [-0.2, 0) is 35.0 Å². The van der Waals surface area contributed by atoms with Gasteiger partial charge in [-0.25, -0.2) is 23.1 Å². The first-order valence-electron chi connectivity index (χ1n) is 7.71. The average Bonchev–Trinajstić information content (AvgIpc) is 3.10. The number of aliphatic hydroxyl groups is 1. The summed E-state index contributed by atoms with van der Waals surface area (Å²) in [7, 11) is -0.264. The number of aryl methyl sites for hydroxylation is 2. The van der Waals surface area contributed by atoms with Crippen LogP contribution in [-0.4, -0.2) is 47.4 Å². The van der Waals surface area contributed by atoms with Crippen molar-refractivity contribution in [1.29, 1.82) is 0 Å². The summed E-state index contributed by atoms with van der Waals surface area (Å²) < 4.78 is 26.8. The lowest BCUT2D eigenvalue weighted by Crippen LogP contribution is -2.45. The predicted octanol–water partition coefficient (Wildman–Crippen LogP) is -2.38. The number of nitrogens with zero attached hydrogens (tertiary/aromatic N) is 4. The minimum Gasteiger partial charge on any atom is -0.394 e. The van der Waals surface area contributed by atoms with Crippen LogP contribution in [0.1, 0.15) is 12.6 Å². The molecule has 1 saturated heterocycles. The summed E-state index contributed by atoms with van der Waals surface area (Å²) in [6.07, 6.45) is -1.23. The summed E-state index contributed by atoms with van der Waals surface area (Å²) in [5.41, 5.74) is -0.455. The summed E-state index contributed by atoms with van der Waals surface area (Å²) in [6, 6.07) is 0. The molecule has 144 valence electrons. The zero-order valence-corrected chi connectivity index (χ0v) is 15.2. The number of phosphoric ester groups is 1. The lowest BCUT2D eigenvalue weighted by Gasteiger charge is -2.16. The molecular formula is C13H20N4O8P+. The highest BCUT2D eigenvalue weighted by Crippen LogP contribution is 2.42. The summed E-state index contributed by atoms with van der Waals surface area (Å²) in [5, 5.41) is 9.41. The molecule has 1 fully saturated rings. The van der Waals surface area contributed by atoms with E-state index in [0.29, 0.717) is 5.65 Å². The Morgan fingerprint density at radius 3 is 2.54 bits per heavy atom. The first-order chi connectivity index (χ1) is 12.0. The molecule has 13 heteroatoms. The SMILES string of the molecule is Cn1c(=O)c2c(n(C)c1=O)[n+]([C@H]1C[C@H](OP(=O)(O)O)[C@@H](CO)O1)cn2C. The molecule has 3 heterocycles. The minimum atomic E-state index is -4.77. The van der Waals surface area contributed by atoms with Crippen molar-refractivity contribution in [2.24, 2.45) is 21.1 Å². The highest BCUT2D eigenvalue weighted by molar-refractivity contribution is 7.46.